The van der Waals surface area contributed by atoms with Crippen molar-refractivity contribution in [2.75, 3.05) is 20.6 Å². The summed E-state index contributed by atoms with van der Waals surface area (Å²) in [5.41, 5.74) is 5.09. The van der Waals surface area contributed by atoms with Crippen molar-refractivity contribution in [1.29, 1.82) is 0 Å². The smallest absolute Gasteiger partial charge is 0.249 e. The lowest BCUT2D eigenvalue weighted by atomic mass is 9.96. The number of ether oxygens (including phenoxy) is 1. The fourth-order valence-electron chi connectivity index (χ4n) is 3.56. The third kappa shape index (κ3) is 3.60. The maximum absolute atomic E-state index is 12.7. The number of aromatic nitrogens is 2. The van der Waals surface area contributed by atoms with E-state index in [1.165, 1.54) is 0 Å². The molecule has 8 nitrogen and oxygen atoms in total. The van der Waals surface area contributed by atoms with Crippen molar-refractivity contribution in [3.05, 3.63) is 11.7 Å². The maximum atomic E-state index is 12.7. The zero-order chi connectivity index (χ0) is 17.2. The van der Waals surface area contributed by atoms with Crippen LogP contribution in [0.2, 0.25) is 0 Å². The predicted octanol–water partition coefficient (Wildman–Crippen LogP) is 0.523. The van der Waals surface area contributed by atoms with Gasteiger partial charge in [-0.05, 0) is 39.8 Å². The number of hydrogen-bond acceptors (Lipinski definition) is 7. The zero-order valence-corrected chi connectivity index (χ0v) is 14.5. The van der Waals surface area contributed by atoms with Gasteiger partial charge in [-0.1, -0.05) is 18.0 Å². The molecule has 2 heterocycles. The maximum Gasteiger partial charge on any atom is 0.249 e. The predicted molar refractivity (Wildman–Crippen MR) is 86.9 cm³/mol. The third-order valence-electron chi connectivity index (χ3n) is 4.83. The fraction of sp³-hybridized carbons (Fsp3) is 0.812. The topological polar surface area (TPSA) is 107 Å². The first-order valence-corrected chi connectivity index (χ1v) is 8.68. The van der Waals surface area contributed by atoms with Crippen LogP contribution in [0.15, 0.2) is 4.52 Å². The molecule has 2 fully saturated rings. The molecule has 2 atom stereocenters. The summed E-state index contributed by atoms with van der Waals surface area (Å²) in [6.45, 7) is 1.04. The van der Waals surface area contributed by atoms with Crippen molar-refractivity contribution in [3.8, 4) is 0 Å². The van der Waals surface area contributed by atoms with Gasteiger partial charge in [-0.3, -0.25) is 4.79 Å². The van der Waals surface area contributed by atoms with Crippen LogP contribution < -0.4 is 11.1 Å². The Morgan fingerprint density at radius 1 is 1.38 bits per heavy atom. The van der Waals surface area contributed by atoms with Gasteiger partial charge in [0.15, 0.2) is 5.82 Å². The number of nitrogens with one attached hydrogen (secondary N) is 1. The van der Waals surface area contributed by atoms with E-state index in [1.807, 2.05) is 19.0 Å². The summed E-state index contributed by atoms with van der Waals surface area (Å²) in [7, 11) is 3.89. The van der Waals surface area contributed by atoms with E-state index in [2.05, 4.69) is 15.5 Å². The van der Waals surface area contributed by atoms with E-state index in [9.17, 15) is 4.79 Å². The lowest BCUT2D eigenvalue weighted by Gasteiger charge is -2.28. The van der Waals surface area contributed by atoms with Gasteiger partial charge < -0.3 is 25.2 Å². The normalized spacial score (nSPS) is 26.2. The van der Waals surface area contributed by atoms with Gasteiger partial charge in [0.25, 0.3) is 0 Å². The molecule has 1 aromatic rings. The minimum atomic E-state index is -0.532. The highest BCUT2D eigenvalue weighted by molar-refractivity contribution is 5.82. The second-order valence-electron chi connectivity index (χ2n) is 7.09. The Balaban J connectivity index is 1.71. The fourth-order valence-corrected chi connectivity index (χ4v) is 3.56. The van der Waals surface area contributed by atoms with Crippen LogP contribution in [0.4, 0.5) is 0 Å². The summed E-state index contributed by atoms with van der Waals surface area (Å²) in [5.74, 6) is 1.06. The molecule has 2 aliphatic rings. The van der Waals surface area contributed by atoms with E-state index in [4.69, 9.17) is 15.0 Å². The van der Waals surface area contributed by atoms with Crippen LogP contribution in [0.1, 0.15) is 50.2 Å². The van der Waals surface area contributed by atoms with Crippen molar-refractivity contribution in [1.82, 2.24) is 20.4 Å². The monoisotopic (exact) mass is 337 g/mol. The minimum Gasteiger partial charge on any atom is -0.364 e. The van der Waals surface area contributed by atoms with E-state index >= 15 is 0 Å². The molecular weight excluding hydrogens is 310 g/mol. The van der Waals surface area contributed by atoms with E-state index in [0.29, 0.717) is 31.2 Å². The average Bonchev–Trinajstić information content (AvgIpc) is 3.27. The van der Waals surface area contributed by atoms with Crippen LogP contribution in [-0.4, -0.2) is 53.8 Å². The number of carbonyl (C=O) groups excluding carboxylic acids is 1. The number of hydrogen-bond donors (Lipinski definition) is 2. The van der Waals surface area contributed by atoms with E-state index in [1.54, 1.807) is 0 Å². The molecule has 3 N–H and O–H groups in total. The minimum absolute atomic E-state index is 0.0165. The van der Waals surface area contributed by atoms with Crippen molar-refractivity contribution >= 4 is 5.91 Å². The molecule has 8 heteroatoms. The Kier molecular flexibility index (Phi) is 5.17. The standard InChI is InChI=1S/C16H27N5O3/c1-21(2)10-13-18-15(20-24-13)16(7-3-4-8-16)19-14(22)12-6-5-11(9-17)23-12/h11-12H,3-10,17H2,1-2H3,(H,19,22)/t11-,12+/m1/s1. The summed E-state index contributed by atoms with van der Waals surface area (Å²) < 4.78 is 11.1. The van der Waals surface area contributed by atoms with Gasteiger partial charge in [-0.2, -0.15) is 4.98 Å². The first kappa shape index (κ1) is 17.3. The molecule has 0 bridgehead atoms. The van der Waals surface area contributed by atoms with Gasteiger partial charge in [0.2, 0.25) is 11.8 Å². The third-order valence-corrected chi connectivity index (χ3v) is 4.83. The molecule has 1 amide bonds. The Labute approximate surface area is 142 Å². The quantitative estimate of drug-likeness (QED) is 0.779. The molecule has 1 aromatic heterocycles. The zero-order valence-electron chi connectivity index (χ0n) is 14.5. The van der Waals surface area contributed by atoms with Gasteiger partial charge in [0, 0.05) is 6.54 Å². The lowest BCUT2D eigenvalue weighted by Crippen LogP contribution is -2.48. The van der Waals surface area contributed by atoms with Crippen LogP contribution in [0.5, 0.6) is 0 Å². The van der Waals surface area contributed by atoms with Gasteiger partial charge in [-0.25, -0.2) is 0 Å². The molecule has 0 aromatic carbocycles. The van der Waals surface area contributed by atoms with Crippen LogP contribution in [0.25, 0.3) is 0 Å². The second kappa shape index (κ2) is 7.16. The highest BCUT2D eigenvalue weighted by Crippen LogP contribution is 2.37. The molecule has 0 unspecified atom stereocenters. The summed E-state index contributed by atoms with van der Waals surface area (Å²) in [6.07, 6.45) is 4.82. The molecule has 24 heavy (non-hydrogen) atoms. The van der Waals surface area contributed by atoms with Crippen molar-refractivity contribution in [2.24, 2.45) is 5.73 Å². The van der Waals surface area contributed by atoms with E-state index < -0.39 is 11.6 Å². The number of carbonyl (C=O) groups is 1. The number of amides is 1. The number of nitrogens with two attached hydrogens (primary N) is 1. The van der Waals surface area contributed by atoms with Gasteiger partial charge in [-0.15, -0.1) is 0 Å². The SMILES string of the molecule is CN(C)Cc1nc(C2(NC(=O)[C@@H]3CC[C@H](CN)O3)CCCC2)no1. The van der Waals surface area contributed by atoms with Gasteiger partial charge >= 0.3 is 0 Å². The first-order chi connectivity index (χ1) is 11.5. The summed E-state index contributed by atoms with van der Waals surface area (Å²) in [5, 5.41) is 7.30. The Hall–Kier alpha value is -1.51. The van der Waals surface area contributed by atoms with Crippen LogP contribution in [0, 0.1) is 0 Å². The van der Waals surface area contributed by atoms with Crippen LogP contribution in [0.3, 0.4) is 0 Å². The van der Waals surface area contributed by atoms with Crippen molar-refractivity contribution in [3.63, 3.8) is 0 Å². The Morgan fingerprint density at radius 3 is 2.75 bits per heavy atom. The summed E-state index contributed by atoms with van der Waals surface area (Å²) >= 11 is 0. The molecule has 1 aliphatic carbocycles. The lowest BCUT2D eigenvalue weighted by molar-refractivity contribution is -0.134. The molecule has 1 saturated carbocycles. The van der Waals surface area contributed by atoms with E-state index in [-0.39, 0.29) is 12.0 Å². The first-order valence-electron chi connectivity index (χ1n) is 8.68. The molecule has 1 saturated heterocycles. The number of nitrogens with zero attached hydrogens (tertiary/aromatic N) is 3. The highest BCUT2D eigenvalue weighted by atomic mass is 16.5. The van der Waals surface area contributed by atoms with Gasteiger partial charge in [0.05, 0.1) is 12.6 Å². The molecule has 0 radical (unpaired) electrons. The van der Waals surface area contributed by atoms with E-state index in [0.717, 1.165) is 32.1 Å². The highest BCUT2D eigenvalue weighted by Gasteiger charge is 2.43. The Bertz CT molecular complexity index is 568. The molecule has 1 aliphatic heterocycles. The molecule has 0 spiro atoms. The number of rotatable bonds is 6. The second-order valence-corrected chi connectivity index (χ2v) is 7.09. The average molecular weight is 337 g/mol. The Morgan fingerprint density at radius 2 is 2.12 bits per heavy atom. The summed E-state index contributed by atoms with van der Waals surface area (Å²) in [6, 6.07) is 0. The largest absolute Gasteiger partial charge is 0.364 e. The van der Waals surface area contributed by atoms with Crippen molar-refractivity contribution in [2.45, 2.75) is 62.8 Å². The van der Waals surface area contributed by atoms with Crippen molar-refractivity contribution < 1.29 is 14.1 Å². The van der Waals surface area contributed by atoms with Crippen LogP contribution >= 0.6 is 0 Å². The molecule has 134 valence electrons. The summed E-state index contributed by atoms with van der Waals surface area (Å²) in [4.78, 5) is 19.1. The molecular formula is C16H27N5O3. The van der Waals surface area contributed by atoms with Crippen LogP contribution in [-0.2, 0) is 21.6 Å². The van der Waals surface area contributed by atoms with Gasteiger partial charge in [0.1, 0.15) is 11.6 Å². The molecule has 3 rings (SSSR count).